The molecule has 4 nitrogen and oxygen atoms in total. The maximum absolute atomic E-state index is 12.9. The first-order chi connectivity index (χ1) is 13.2. The number of hydrogen-bond acceptors (Lipinski definition) is 6. The number of benzene rings is 1. The lowest BCUT2D eigenvalue weighted by Crippen LogP contribution is -2.32. The van der Waals surface area contributed by atoms with Crippen LogP contribution >= 0.6 is 34.4 Å². The molecule has 1 N–H and O–H groups in total. The van der Waals surface area contributed by atoms with Gasteiger partial charge >= 0.3 is 0 Å². The number of hydrogen-bond donors (Lipinski definition) is 1. The van der Waals surface area contributed by atoms with Crippen LogP contribution in [0.25, 0.3) is 10.6 Å². The average Bonchev–Trinajstić information content (AvgIpc) is 3.34. The van der Waals surface area contributed by atoms with Gasteiger partial charge in [0, 0.05) is 47.8 Å². The van der Waals surface area contributed by atoms with Crippen molar-refractivity contribution in [3.05, 3.63) is 57.2 Å². The summed E-state index contributed by atoms with van der Waals surface area (Å²) in [7, 11) is 0. The van der Waals surface area contributed by atoms with Crippen LogP contribution in [0.2, 0.25) is 0 Å². The number of aromatic nitrogens is 1. The molecular formula is C20H21N3OS3. The number of amides is 1. The fraction of sp³-hybridized carbons (Fsp3) is 0.300. The summed E-state index contributed by atoms with van der Waals surface area (Å²) < 4.78 is 0. The highest BCUT2D eigenvalue weighted by atomic mass is 32.2. The molecule has 0 bridgehead atoms. The first-order valence-corrected chi connectivity index (χ1v) is 11.8. The maximum atomic E-state index is 12.9. The zero-order valence-electron chi connectivity index (χ0n) is 15.1. The third kappa shape index (κ3) is 4.43. The van der Waals surface area contributed by atoms with Crippen molar-refractivity contribution < 1.29 is 4.79 Å². The topological polar surface area (TPSA) is 45.2 Å². The first-order valence-electron chi connectivity index (χ1n) is 8.90. The Kier molecular flexibility index (Phi) is 5.92. The molecule has 0 aliphatic carbocycles. The minimum absolute atomic E-state index is 0.0758. The van der Waals surface area contributed by atoms with E-state index in [9.17, 15) is 4.79 Å². The lowest BCUT2D eigenvalue weighted by Gasteiger charge is -2.27. The van der Waals surface area contributed by atoms with Crippen LogP contribution in [0.15, 0.2) is 41.1 Å². The largest absolute Gasteiger partial charge is 0.321 e. The van der Waals surface area contributed by atoms with Crippen molar-refractivity contribution in [1.82, 2.24) is 9.88 Å². The number of nitrogens with one attached hydrogen (secondary N) is 1. The maximum Gasteiger partial charge on any atom is 0.267 e. The Morgan fingerprint density at radius 3 is 2.81 bits per heavy atom. The number of carbonyl (C=O) groups excluding carboxylic acids is 1. The summed E-state index contributed by atoms with van der Waals surface area (Å²) in [6.07, 6.45) is 0. The Hall–Kier alpha value is -1.67. The Morgan fingerprint density at radius 2 is 2.04 bits per heavy atom. The lowest BCUT2D eigenvalue weighted by molar-refractivity contribution is 0.102. The molecule has 140 valence electrons. The Bertz CT molecular complexity index is 914. The summed E-state index contributed by atoms with van der Waals surface area (Å²) in [6, 6.07) is 10.1. The second-order valence-corrected chi connectivity index (χ2v) is 9.45. The third-order valence-electron chi connectivity index (χ3n) is 4.53. The second-order valence-electron chi connectivity index (χ2n) is 6.45. The lowest BCUT2D eigenvalue weighted by atomic mass is 10.1. The number of rotatable bonds is 5. The standard InChI is InChI=1S/C20H21N3OS3/c1-14-18(27-20(21-14)16-6-9-26-13-16)19(24)22-17-5-3-2-4-15(17)12-23-7-10-25-11-8-23/h2-6,9,13H,7-8,10-12H2,1H3,(H,22,24). The SMILES string of the molecule is Cc1nc(-c2ccsc2)sc1C(=O)Nc1ccccc1CN1CCSCC1. The molecule has 0 radical (unpaired) electrons. The number of para-hydroxylation sites is 1. The number of thioether (sulfide) groups is 1. The molecule has 1 saturated heterocycles. The van der Waals surface area contributed by atoms with E-state index in [1.165, 1.54) is 22.8 Å². The van der Waals surface area contributed by atoms with Crippen LogP contribution in [-0.2, 0) is 6.54 Å². The average molecular weight is 416 g/mol. The number of thiophene rings is 1. The van der Waals surface area contributed by atoms with Crippen LogP contribution in [0.3, 0.4) is 0 Å². The van der Waals surface area contributed by atoms with Crippen molar-refractivity contribution in [1.29, 1.82) is 0 Å². The molecule has 7 heteroatoms. The van der Waals surface area contributed by atoms with E-state index in [-0.39, 0.29) is 5.91 Å². The van der Waals surface area contributed by atoms with Gasteiger partial charge in [-0.05, 0) is 30.0 Å². The summed E-state index contributed by atoms with van der Waals surface area (Å²) in [5, 5.41) is 8.11. The Balaban J connectivity index is 1.51. The minimum atomic E-state index is -0.0758. The Morgan fingerprint density at radius 1 is 1.22 bits per heavy atom. The first kappa shape index (κ1) is 18.7. The predicted octanol–water partition coefficient (Wildman–Crippen LogP) is 4.98. The molecule has 1 fully saturated rings. The van der Waals surface area contributed by atoms with Crippen molar-refractivity contribution in [2.24, 2.45) is 0 Å². The van der Waals surface area contributed by atoms with E-state index in [0.29, 0.717) is 4.88 Å². The zero-order valence-corrected chi connectivity index (χ0v) is 17.6. The molecule has 1 aliphatic heterocycles. The summed E-state index contributed by atoms with van der Waals surface area (Å²) in [6.45, 7) is 4.98. The van der Waals surface area contributed by atoms with Crippen LogP contribution in [0.1, 0.15) is 20.9 Å². The molecule has 0 saturated carbocycles. The van der Waals surface area contributed by atoms with Crippen molar-refractivity contribution in [3.63, 3.8) is 0 Å². The van der Waals surface area contributed by atoms with E-state index < -0.39 is 0 Å². The molecule has 1 amide bonds. The molecule has 4 rings (SSSR count). The van der Waals surface area contributed by atoms with Gasteiger partial charge in [-0.15, -0.1) is 11.3 Å². The van der Waals surface area contributed by atoms with Crippen LogP contribution in [0.5, 0.6) is 0 Å². The van der Waals surface area contributed by atoms with Crippen molar-refractivity contribution in [2.75, 3.05) is 29.9 Å². The van der Waals surface area contributed by atoms with E-state index in [1.807, 2.05) is 48.3 Å². The molecular weight excluding hydrogens is 394 g/mol. The van der Waals surface area contributed by atoms with Crippen molar-refractivity contribution >= 4 is 46.0 Å². The third-order valence-corrected chi connectivity index (χ3v) is 7.37. The molecule has 27 heavy (non-hydrogen) atoms. The van der Waals surface area contributed by atoms with Gasteiger partial charge < -0.3 is 5.32 Å². The van der Waals surface area contributed by atoms with Gasteiger partial charge in [-0.3, -0.25) is 9.69 Å². The zero-order chi connectivity index (χ0) is 18.6. The summed E-state index contributed by atoms with van der Waals surface area (Å²) in [5.41, 5.74) is 3.92. The van der Waals surface area contributed by atoms with E-state index in [2.05, 4.69) is 26.6 Å². The highest BCUT2D eigenvalue weighted by molar-refractivity contribution is 7.99. The highest BCUT2D eigenvalue weighted by Crippen LogP contribution is 2.30. The van der Waals surface area contributed by atoms with E-state index in [4.69, 9.17) is 0 Å². The molecule has 0 unspecified atom stereocenters. The van der Waals surface area contributed by atoms with Gasteiger partial charge in [-0.1, -0.05) is 18.2 Å². The van der Waals surface area contributed by atoms with E-state index in [0.717, 1.165) is 47.2 Å². The van der Waals surface area contributed by atoms with Gasteiger partial charge in [0.25, 0.3) is 5.91 Å². The minimum Gasteiger partial charge on any atom is -0.321 e. The smallest absolute Gasteiger partial charge is 0.267 e. The number of anilines is 1. The molecule has 1 aromatic carbocycles. The van der Waals surface area contributed by atoms with Gasteiger partial charge in [0.1, 0.15) is 9.88 Å². The second kappa shape index (κ2) is 8.56. The van der Waals surface area contributed by atoms with Gasteiger partial charge in [-0.25, -0.2) is 4.98 Å². The van der Waals surface area contributed by atoms with Crippen molar-refractivity contribution in [3.8, 4) is 10.6 Å². The molecule has 2 aromatic heterocycles. The van der Waals surface area contributed by atoms with Crippen LogP contribution in [0, 0.1) is 6.92 Å². The predicted molar refractivity (Wildman–Crippen MR) is 117 cm³/mol. The number of thiazole rings is 1. The molecule has 0 atom stereocenters. The van der Waals surface area contributed by atoms with Gasteiger partial charge in [0.2, 0.25) is 0 Å². The van der Waals surface area contributed by atoms with Crippen LogP contribution in [-0.4, -0.2) is 40.4 Å². The summed E-state index contributed by atoms with van der Waals surface area (Å²) in [5.74, 6) is 2.29. The van der Waals surface area contributed by atoms with E-state index >= 15 is 0 Å². The fourth-order valence-electron chi connectivity index (χ4n) is 3.08. The van der Waals surface area contributed by atoms with Gasteiger partial charge in [0.05, 0.1) is 5.69 Å². The summed E-state index contributed by atoms with van der Waals surface area (Å²) in [4.78, 5) is 20.6. The number of aryl methyl sites for hydroxylation is 1. The Labute approximate surface area is 171 Å². The van der Waals surface area contributed by atoms with Gasteiger partial charge in [0.15, 0.2) is 0 Å². The number of nitrogens with zero attached hydrogens (tertiary/aromatic N) is 2. The van der Waals surface area contributed by atoms with Crippen LogP contribution in [0.4, 0.5) is 5.69 Å². The number of carbonyl (C=O) groups is 1. The molecule has 0 spiro atoms. The highest BCUT2D eigenvalue weighted by Gasteiger charge is 2.18. The normalized spacial score (nSPS) is 15.0. The van der Waals surface area contributed by atoms with E-state index in [1.54, 1.807) is 11.3 Å². The molecule has 3 aromatic rings. The van der Waals surface area contributed by atoms with Crippen LogP contribution < -0.4 is 5.32 Å². The fourth-order valence-corrected chi connectivity index (χ4v) is 5.73. The molecule has 1 aliphatic rings. The quantitative estimate of drug-likeness (QED) is 0.638. The molecule has 3 heterocycles. The van der Waals surface area contributed by atoms with Gasteiger partial charge in [-0.2, -0.15) is 23.1 Å². The summed E-state index contributed by atoms with van der Waals surface area (Å²) >= 11 is 5.10. The monoisotopic (exact) mass is 415 g/mol. The van der Waals surface area contributed by atoms with Crippen molar-refractivity contribution in [2.45, 2.75) is 13.5 Å².